The standard InChI is InChI=1S/C17H18N2O3S/c1-11-4-3-5-13(8-11)18-16(20)14-9-23-10-19(14)17(21)15-12(2)6-7-22-15/h3-8,14H,9-10H2,1-2H3,(H,18,20)/t14-/m0/s1. The van der Waals surface area contributed by atoms with Gasteiger partial charge in [0.15, 0.2) is 5.76 Å². The molecule has 0 spiro atoms. The highest BCUT2D eigenvalue weighted by atomic mass is 32.2. The average Bonchev–Trinajstić information content (AvgIpc) is 3.15. The molecule has 23 heavy (non-hydrogen) atoms. The Morgan fingerprint density at radius 1 is 1.30 bits per heavy atom. The average molecular weight is 330 g/mol. The fourth-order valence-electron chi connectivity index (χ4n) is 2.53. The van der Waals surface area contributed by atoms with E-state index in [1.54, 1.807) is 22.7 Å². The summed E-state index contributed by atoms with van der Waals surface area (Å²) in [6.07, 6.45) is 1.49. The van der Waals surface area contributed by atoms with E-state index in [1.165, 1.54) is 6.26 Å². The van der Waals surface area contributed by atoms with Crippen LogP contribution >= 0.6 is 11.8 Å². The van der Waals surface area contributed by atoms with Gasteiger partial charge in [-0.15, -0.1) is 11.8 Å². The van der Waals surface area contributed by atoms with Crippen LogP contribution in [0.25, 0.3) is 0 Å². The Morgan fingerprint density at radius 3 is 2.83 bits per heavy atom. The van der Waals surface area contributed by atoms with Crippen LogP contribution in [0.3, 0.4) is 0 Å². The lowest BCUT2D eigenvalue weighted by Crippen LogP contribution is -2.44. The van der Waals surface area contributed by atoms with Gasteiger partial charge in [-0.2, -0.15) is 0 Å². The van der Waals surface area contributed by atoms with Crippen LogP contribution in [0.4, 0.5) is 5.69 Å². The number of amides is 2. The van der Waals surface area contributed by atoms with Gasteiger partial charge in [-0.3, -0.25) is 9.59 Å². The number of hydrogen-bond acceptors (Lipinski definition) is 4. The van der Waals surface area contributed by atoms with E-state index in [0.717, 1.165) is 16.8 Å². The number of hydrogen-bond donors (Lipinski definition) is 1. The van der Waals surface area contributed by atoms with Gasteiger partial charge in [0.05, 0.1) is 12.1 Å². The molecular formula is C17H18N2O3S. The lowest BCUT2D eigenvalue weighted by molar-refractivity contribution is -0.119. The Bertz CT molecular complexity index is 741. The van der Waals surface area contributed by atoms with E-state index in [9.17, 15) is 9.59 Å². The van der Waals surface area contributed by atoms with Gasteiger partial charge < -0.3 is 14.6 Å². The second-order valence-electron chi connectivity index (χ2n) is 5.58. The van der Waals surface area contributed by atoms with E-state index in [-0.39, 0.29) is 11.8 Å². The molecule has 3 rings (SSSR count). The van der Waals surface area contributed by atoms with E-state index in [0.29, 0.717) is 17.4 Å². The maximum atomic E-state index is 12.6. The van der Waals surface area contributed by atoms with Crippen LogP contribution in [0, 0.1) is 13.8 Å². The highest BCUT2D eigenvalue weighted by Crippen LogP contribution is 2.25. The van der Waals surface area contributed by atoms with Gasteiger partial charge in [0.25, 0.3) is 5.91 Å². The minimum Gasteiger partial charge on any atom is -0.459 e. The second kappa shape index (κ2) is 6.50. The number of carbonyl (C=O) groups is 2. The maximum Gasteiger partial charge on any atom is 0.291 e. The van der Waals surface area contributed by atoms with Crippen molar-refractivity contribution in [2.24, 2.45) is 0 Å². The lowest BCUT2D eigenvalue weighted by Gasteiger charge is -2.22. The fourth-order valence-corrected chi connectivity index (χ4v) is 3.68. The van der Waals surface area contributed by atoms with Gasteiger partial charge in [-0.25, -0.2) is 0 Å². The highest BCUT2D eigenvalue weighted by Gasteiger charge is 2.36. The third-order valence-electron chi connectivity index (χ3n) is 3.79. The molecule has 2 amide bonds. The van der Waals surface area contributed by atoms with Crippen LogP contribution in [-0.4, -0.2) is 34.4 Å². The van der Waals surface area contributed by atoms with E-state index in [1.807, 2.05) is 38.1 Å². The van der Waals surface area contributed by atoms with Crippen molar-refractivity contribution in [1.82, 2.24) is 4.90 Å². The number of benzene rings is 1. The van der Waals surface area contributed by atoms with Crippen molar-refractivity contribution in [3.05, 3.63) is 53.5 Å². The van der Waals surface area contributed by atoms with E-state index in [4.69, 9.17) is 4.42 Å². The van der Waals surface area contributed by atoms with Gasteiger partial charge in [-0.1, -0.05) is 12.1 Å². The number of aryl methyl sites for hydroxylation is 2. The number of thioether (sulfide) groups is 1. The summed E-state index contributed by atoms with van der Waals surface area (Å²) in [5.74, 6) is 0.981. The Kier molecular flexibility index (Phi) is 4.43. The molecule has 1 fully saturated rings. The van der Waals surface area contributed by atoms with Crippen molar-refractivity contribution in [3.8, 4) is 0 Å². The number of anilines is 1. The Labute approximate surface area is 139 Å². The van der Waals surface area contributed by atoms with Gasteiger partial charge in [0, 0.05) is 17.0 Å². The van der Waals surface area contributed by atoms with E-state index < -0.39 is 6.04 Å². The van der Waals surface area contributed by atoms with Gasteiger partial charge >= 0.3 is 0 Å². The summed E-state index contributed by atoms with van der Waals surface area (Å²) >= 11 is 1.57. The molecule has 0 radical (unpaired) electrons. The summed E-state index contributed by atoms with van der Waals surface area (Å²) in [7, 11) is 0. The summed E-state index contributed by atoms with van der Waals surface area (Å²) in [5, 5.41) is 2.89. The van der Waals surface area contributed by atoms with E-state index >= 15 is 0 Å². The first-order valence-electron chi connectivity index (χ1n) is 7.36. The molecule has 0 bridgehead atoms. The molecule has 1 saturated heterocycles. The largest absolute Gasteiger partial charge is 0.459 e. The zero-order valence-electron chi connectivity index (χ0n) is 13.0. The first kappa shape index (κ1) is 15.7. The monoisotopic (exact) mass is 330 g/mol. The molecule has 2 aromatic rings. The molecule has 1 aliphatic heterocycles. The smallest absolute Gasteiger partial charge is 0.291 e. The molecule has 0 saturated carbocycles. The van der Waals surface area contributed by atoms with Crippen LogP contribution in [-0.2, 0) is 4.79 Å². The minimum absolute atomic E-state index is 0.168. The molecule has 0 unspecified atom stereocenters. The van der Waals surface area contributed by atoms with Gasteiger partial charge in [0.2, 0.25) is 5.91 Å². The normalized spacial score (nSPS) is 17.3. The third-order valence-corrected chi connectivity index (χ3v) is 4.80. The summed E-state index contributed by atoms with van der Waals surface area (Å²) in [6.45, 7) is 3.79. The summed E-state index contributed by atoms with van der Waals surface area (Å²) in [5.41, 5.74) is 2.60. The Morgan fingerprint density at radius 2 is 2.13 bits per heavy atom. The van der Waals surface area contributed by atoms with Crippen molar-refractivity contribution in [2.75, 3.05) is 16.9 Å². The molecule has 1 aliphatic rings. The van der Waals surface area contributed by atoms with E-state index in [2.05, 4.69) is 5.32 Å². The number of rotatable bonds is 3. The van der Waals surface area contributed by atoms with Crippen LogP contribution in [0.2, 0.25) is 0 Å². The molecule has 5 nitrogen and oxygen atoms in total. The number of nitrogens with one attached hydrogen (secondary N) is 1. The van der Waals surface area contributed by atoms with Crippen molar-refractivity contribution >= 4 is 29.3 Å². The molecular weight excluding hydrogens is 312 g/mol. The summed E-state index contributed by atoms with van der Waals surface area (Å²) in [4.78, 5) is 26.7. The molecule has 6 heteroatoms. The zero-order valence-corrected chi connectivity index (χ0v) is 13.9. The second-order valence-corrected chi connectivity index (χ2v) is 6.58. The number of nitrogens with zero attached hydrogens (tertiary/aromatic N) is 1. The van der Waals surface area contributed by atoms with Crippen molar-refractivity contribution < 1.29 is 14.0 Å². The first-order chi connectivity index (χ1) is 11.1. The molecule has 2 heterocycles. The number of furan rings is 1. The Hall–Kier alpha value is -2.21. The third kappa shape index (κ3) is 3.27. The SMILES string of the molecule is Cc1cccc(NC(=O)[C@@H]2CSCN2C(=O)c2occc2C)c1. The number of carbonyl (C=O) groups excluding carboxylic acids is 2. The topological polar surface area (TPSA) is 62.6 Å². The first-order valence-corrected chi connectivity index (χ1v) is 8.52. The predicted octanol–water partition coefficient (Wildman–Crippen LogP) is 3.05. The Balaban J connectivity index is 1.75. The molecule has 1 atom stereocenters. The van der Waals surface area contributed by atoms with Crippen molar-refractivity contribution in [2.45, 2.75) is 19.9 Å². The van der Waals surface area contributed by atoms with Gasteiger partial charge in [0.1, 0.15) is 6.04 Å². The quantitative estimate of drug-likeness (QED) is 0.939. The minimum atomic E-state index is -0.488. The van der Waals surface area contributed by atoms with Crippen LogP contribution < -0.4 is 5.32 Å². The van der Waals surface area contributed by atoms with Crippen LogP contribution in [0.1, 0.15) is 21.7 Å². The predicted molar refractivity (Wildman–Crippen MR) is 90.5 cm³/mol. The molecule has 0 aliphatic carbocycles. The maximum absolute atomic E-state index is 12.6. The van der Waals surface area contributed by atoms with Crippen molar-refractivity contribution in [1.29, 1.82) is 0 Å². The van der Waals surface area contributed by atoms with Crippen LogP contribution in [0.5, 0.6) is 0 Å². The van der Waals surface area contributed by atoms with Crippen molar-refractivity contribution in [3.63, 3.8) is 0 Å². The molecule has 1 aromatic heterocycles. The summed E-state index contributed by atoms with van der Waals surface area (Å²) in [6, 6.07) is 8.87. The fraction of sp³-hybridized carbons (Fsp3) is 0.294. The zero-order chi connectivity index (χ0) is 16.4. The molecule has 1 N–H and O–H groups in total. The molecule has 1 aromatic carbocycles. The molecule has 120 valence electrons. The van der Waals surface area contributed by atoms with Crippen LogP contribution in [0.15, 0.2) is 41.0 Å². The highest BCUT2D eigenvalue weighted by molar-refractivity contribution is 7.99. The van der Waals surface area contributed by atoms with Gasteiger partial charge in [-0.05, 0) is 37.6 Å². The summed E-state index contributed by atoms with van der Waals surface area (Å²) < 4.78 is 5.27. The lowest BCUT2D eigenvalue weighted by atomic mass is 10.2.